The van der Waals surface area contributed by atoms with Gasteiger partial charge in [0.15, 0.2) is 0 Å². The Labute approximate surface area is 107 Å². The molecule has 0 rings (SSSR count). The van der Waals surface area contributed by atoms with Crippen LogP contribution in [0.25, 0.3) is 0 Å². The largest absolute Gasteiger partial charge is 0.387 e. The predicted molar refractivity (Wildman–Crippen MR) is 71.2 cm³/mol. The lowest BCUT2D eigenvalue weighted by atomic mass is 9.86. The summed E-state index contributed by atoms with van der Waals surface area (Å²) >= 11 is 0. The lowest BCUT2D eigenvalue weighted by Crippen LogP contribution is -2.38. The summed E-state index contributed by atoms with van der Waals surface area (Å²) in [5.74, 6) is 0.962. The van der Waals surface area contributed by atoms with Crippen molar-refractivity contribution in [2.45, 2.75) is 53.1 Å². The molecular weight excluding hydrogens is 216 g/mol. The van der Waals surface area contributed by atoms with Gasteiger partial charge in [0.2, 0.25) is 0 Å². The molecule has 0 amide bonds. The molecule has 0 aromatic heterocycles. The van der Waals surface area contributed by atoms with Gasteiger partial charge in [-0.3, -0.25) is 0 Å². The van der Waals surface area contributed by atoms with Crippen molar-refractivity contribution in [1.29, 1.82) is 0 Å². The minimum atomic E-state index is -0.686. The molecule has 3 heteroatoms. The van der Waals surface area contributed by atoms with Gasteiger partial charge >= 0.3 is 0 Å². The molecule has 0 saturated heterocycles. The van der Waals surface area contributed by atoms with Crippen molar-refractivity contribution in [2.75, 3.05) is 26.4 Å². The van der Waals surface area contributed by atoms with Crippen LogP contribution in [0.3, 0.4) is 0 Å². The van der Waals surface area contributed by atoms with Crippen LogP contribution in [0.2, 0.25) is 0 Å². The highest BCUT2D eigenvalue weighted by atomic mass is 16.5. The zero-order valence-corrected chi connectivity index (χ0v) is 12.2. The molecule has 0 saturated carbocycles. The SMILES string of the molecule is CCOCCOCC(O)(CC(C)C)CC(C)C. The van der Waals surface area contributed by atoms with Gasteiger partial charge in [0.05, 0.1) is 25.4 Å². The Kier molecular flexibility index (Phi) is 8.83. The fourth-order valence-corrected chi connectivity index (χ4v) is 2.25. The van der Waals surface area contributed by atoms with E-state index >= 15 is 0 Å². The molecule has 0 aliphatic rings. The first-order valence-corrected chi connectivity index (χ1v) is 6.77. The summed E-state index contributed by atoms with van der Waals surface area (Å²) in [4.78, 5) is 0. The zero-order chi connectivity index (χ0) is 13.3. The minimum Gasteiger partial charge on any atom is -0.387 e. The van der Waals surface area contributed by atoms with Crippen LogP contribution in [-0.2, 0) is 9.47 Å². The van der Waals surface area contributed by atoms with Gasteiger partial charge in [0, 0.05) is 6.61 Å². The number of hydrogen-bond acceptors (Lipinski definition) is 3. The van der Waals surface area contributed by atoms with Crippen LogP contribution in [0, 0.1) is 11.8 Å². The summed E-state index contributed by atoms with van der Waals surface area (Å²) in [7, 11) is 0. The summed E-state index contributed by atoms with van der Waals surface area (Å²) in [6.45, 7) is 12.8. The average Bonchev–Trinajstić information content (AvgIpc) is 2.14. The van der Waals surface area contributed by atoms with E-state index in [1.807, 2.05) is 6.92 Å². The van der Waals surface area contributed by atoms with Crippen molar-refractivity contribution in [2.24, 2.45) is 11.8 Å². The number of rotatable bonds is 10. The molecule has 0 aliphatic carbocycles. The molecule has 0 radical (unpaired) electrons. The van der Waals surface area contributed by atoms with E-state index in [0.717, 1.165) is 12.8 Å². The second-order valence-electron chi connectivity index (χ2n) is 5.67. The third-order valence-electron chi connectivity index (χ3n) is 2.52. The van der Waals surface area contributed by atoms with Crippen LogP contribution in [-0.4, -0.2) is 37.1 Å². The maximum atomic E-state index is 10.5. The van der Waals surface area contributed by atoms with E-state index in [1.54, 1.807) is 0 Å². The van der Waals surface area contributed by atoms with Crippen molar-refractivity contribution in [3.05, 3.63) is 0 Å². The van der Waals surface area contributed by atoms with E-state index < -0.39 is 5.60 Å². The standard InChI is InChI=1S/C14H30O3/c1-6-16-7-8-17-11-14(15,9-12(2)3)10-13(4)5/h12-13,15H,6-11H2,1-5H3. The van der Waals surface area contributed by atoms with Crippen molar-refractivity contribution in [3.8, 4) is 0 Å². The molecule has 17 heavy (non-hydrogen) atoms. The second-order valence-corrected chi connectivity index (χ2v) is 5.67. The Morgan fingerprint density at radius 3 is 1.82 bits per heavy atom. The highest BCUT2D eigenvalue weighted by molar-refractivity contribution is 4.80. The van der Waals surface area contributed by atoms with Crippen LogP contribution in [0.5, 0.6) is 0 Å². The molecule has 0 spiro atoms. The van der Waals surface area contributed by atoms with E-state index in [9.17, 15) is 5.11 Å². The summed E-state index contributed by atoms with van der Waals surface area (Å²) in [6, 6.07) is 0. The first-order valence-electron chi connectivity index (χ1n) is 6.77. The Bertz CT molecular complexity index is 168. The lowest BCUT2D eigenvalue weighted by molar-refractivity contribution is -0.0786. The molecule has 0 aromatic carbocycles. The molecule has 3 nitrogen and oxygen atoms in total. The van der Waals surface area contributed by atoms with E-state index in [0.29, 0.717) is 38.3 Å². The normalized spacial score (nSPS) is 12.7. The maximum Gasteiger partial charge on any atom is 0.0885 e. The first-order chi connectivity index (χ1) is 7.89. The van der Waals surface area contributed by atoms with Gasteiger partial charge in [-0.05, 0) is 31.6 Å². The topological polar surface area (TPSA) is 38.7 Å². The van der Waals surface area contributed by atoms with Gasteiger partial charge in [-0.25, -0.2) is 0 Å². The predicted octanol–water partition coefficient (Wildman–Crippen LogP) is 2.86. The van der Waals surface area contributed by atoms with Gasteiger partial charge < -0.3 is 14.6 Å². The van der Waals surface area contributed by atoms with Crippen LogP contribution >= 0.6 is 0 Å². The van der Waals surface area contributed by atoms with Crippen molar-refractivity contribution in [1.82, 2.24) is 0 Å². The molecule has 104 valence electrons. The third kappa shape index (κ3) is 9.57. The Hall–Kier alpha value is -0.120. The van der Waals surface area contributed by atoms with Crippen molar-refractivity contribution in [3.63, 3.8) is 0 Å². The maximum absolute atomic E-state index is 10.5. The van der Waals surface area contributed by atoms with Crippen molar-refractivity contribution < 1.29 is 14.6 Å². The van der Waals surface area contributed by atoms with E-state index in [4.69, 9.17) is 9.47 Å². The molecule has 0 bridgehead atoms. The summed E-state index contributed by atoms with van der Waals surface area (Å²) in [6.07, 6.45) is 1.58. The fraction of sp³-hybridized carbons (Fsp3) is 1.00. The van der Waals surface area contributed by atoms with Gasteiger partial charge in [0.25, 0.3) is 0 Å². The third-order valence-corrected chi connectivity index (χ3v) is 2.52. The van der Waals surface area contributed by atoms with Crippen LogP contribution in [0.15, 0.2) is 0 Å². The van der Waals surface area contributed by atoms with Crippen LogP contribution < -0.4 is 0 Å². The Morgan fingerprint density at radius 2 is 1.41 bits per heavy atom. The highest BCUT2D eigenvalue weighted by Crippen LogP contribution is 2.25. The Morgan fingerprint density at radius 1 is 0.941 bits per heavy atom. The van der Waals surface area contributed by atoms with Gasteiger partial charge in [-0.2, -0.15) is 0 Å². The Balaban J connectivity index is 4.00. The lowest BCUT2D eigenvalue weighted by Gasteiger charge is -2.31. The molecule has 0 aliphatic heterocycles. The van der Waals surface area contributed by atoms with Gasteiger partial charge in [0.1, 0.15) is 0 Å². The average molecular weight is 246 g/mol. The molecule has 0 aromatic rings. The summed E-state index contributed by atoms with van der Waals surface area (Å²) < 4.78 is 10.7. The zero-order valence-electron chi connectivity index (χ0n) is 12.2. The fourth-order valence-electron chi connectivity index (χ4n) is 2.25. The molecule has 0 heterocycles. The number of ether oxygens (including phenoxy) is 2. The van der Waals surface area contributed by atoms with Crippen LogP contribution in [0.1, 0.15) is 47.5 Å². The molecule has 0 unspecified atom stereocenters. The quantitative estimate of drug-likeness (QED) is 0.602. The molecule has 1 N–H and O–H groups in total. The van der Waals surface area contributed by atoms with E-state index in [1.165, 1.54) is 0 Å². The number of hydrogen-bond donors (Lipinski definition) is 1. The summed E-state index contributed by atoms with van der Waals surface area (Å²) in [5.41, 5.74) is -0.686. The summed E-state index contributed by atoms with van der Waals surface area (Å²) in [5, 5.41) is 10.5. The first kappa shape index (κ1) is 16.9. The van der Waals surface area contributed by atoms with Gasteiger partial charge in [-0.15, -0.1) is 0 Å². The molecule has 0 fully saturated rings. The monoisotopic (exact) mass is 246 g/mol. The smallest absolute Gasteiger partial charge is 0.0885 e. The van der Waals surface area contributed by atoms with Crippen LogP contribution in [0.4, 0.5) is 0 Å². The number of aliphatic hydroxyl groups is 1. The van der Waals surface area contributed by atoms with Crippen molar-refractivity contribution >= 4 is 0 Å². The van der Waals surface area contributed by atoms with E-state index in [-0.39, 0.29) is 0 Å². The highest BCUT2D eigenvalue weighted by Gasteiger charge is 2.29. The minimum absolute atomic E-state index is 0.413. The molecular formula is C14H30O3. The second kappa shape index (κ2) is 8.90. The molecule has 0 atom stereocenters. The van der Waals surface area contributed by atoms with E-state index in [2.05, 4.69) is 27.7 Å². The van der Waals surface area contributed by atoms with Gasteiger partial charge in [-0.1, -0.05) is 27.7 Å².